The van der Waals surface area contributed by atoms with Crippen molar-refractivity contribution in [3.8, 4) is 5.75 Å². The van der Waals surface area contributed by atoms with Crippen molar-refractivity contribution in [2.75, 3.05) is 19.8 Å². The van der Waals surface area contributed by atoms with Crippen LogP contribution >= 0.6 is 0 Å². The molecule has 0 radical (unpaired) electrons. The van der Waals surface area contributed by atoms with Crippen molar-refractivity contribution < 1.29 is 13.5 Å². The maximum Gasteiger partial charge on any atom is 0.165 e. The third-order valence-electron chi connectivity index (χ3n) is 2.24. The van der Waals surface area contributed by atoms with Gasteiger partial charge in [0.15, 0.2) is 11.6 Å². The van der Waals surface area contributed by atoms with E-state index in [1.807, 2.05) is 0 Å². The highest BCUT2D eigenvalue weighted by Gasteiger charge is 2.09. The van der Waals surface area contributed by atoms with Crippen molar-refractivity contribution in [1.29, 1.82) is 0 Å². The fraction of sp³-hybridized carbons (Fsp3) is 0.538. The van der Waals surface area contributed by atoms with Crippen molar-refractivity contribution in [3.05, 3.63) is 29.6 Å². The van der Waals surface area contributed by atoms with Crippen molar-refractivity contribution in [2.45, 2.75) is 20.4 Å². The fourth-order valence-corrected chi connectivity index (χ4v) is 1.49. The Morgan fingerprint density at radius 1 is 1.35 bits per heavy atom. The number of alkyl halides is 1. The highest BCUT2D eigenvalue weighted by molar-refractivity contribution is 5.34. The van der Waals surface area contributed by atoms with Crippen molar-refractivity contribution >= 4 is 0 Å². The van der Waals surface area contributed by atoms with Gasteiger partial charge < -0.3 is 10.1 Å². The Kier molecular flexibility index (Phi) is 5.91. The number of nitrogens with one attached hydrogen (secondary N) is 1. The Morgan fingerprint density at radius 3 is 2.76 bits per heavy atom. The Balaban J connectivity index is 2.65. The van der Waals surface area contributed by atoms with E-state index in [0.717, 1.165) is 12.1 Å². The Labute approximate surface area is 101 Å². The van der Waals surface area contributed by atoms with Gasteiger partial charge in [-0.25, -0.2) is 8.78 Å². The highest BCUT2D eigenvalue weighted by Crippen LogP contribution is 2.22. The maximum atomic E-state index is 13.5. The van der Waals surface area contributed by atoms with E-state index in [4.69, 9.17) is 4.74 Å². The molecule has 0 spiro atoms. The van der Waals surface area contributed by atoms with Crippen LogP contribution in [0, 0.1) is 11.7 Å². The predicted molar refractivity (Wildman–Crippen MR) is 64.4 cm³/mol. The zero-order valence-electron chi connectivity index (χ0n) is 10.3. The zero-order valence-corrected chi connectivity index (χ0v) is 10.3. The molecule has 96 valence electrons. The highest BCUT2D eigenvalue weighted by atomic mass is 19.1. The molecule has 0 heterocycles. The van der Waals surface area contributed by atoms with Gasteiger partial charge in [-0.15, -0.1) is 0 Å². The van der Waals surface area contributed by atoms with Crippen LogP contribution in [0.3, 0.4) is 0 Å². The second-order valence-corrected chi connectivity index (χ2v) is 4.29. The van der Waals surface area contributed by atoms with Crippen LogP contribution in [0.25, 0.3) is 0 Å². The maximum absolute atomic E-state index is 13.5. The average Bonchev–Trinajstić information content (AvgIpc) is 2.28. The van der Waals surface area contributed by atoms with Gasteiger partial charge in [0.05, 0.1) is 0 Å². The number of ether oxygens (including phenoxy) is 1. The first-order chi connectivity index (χ1) is 8.15. The molecule has 0 aliphatic rings. The molecule has 0 amide bonds. The molecule has 0 bridgehead atoms. The Morgan fingerprint density at radius 2 is 2.12 bits per heavy atom. The van der Waals surface area contributed by atoms with Crippen molar-refractivity contribution in [2.24, 2.45) is 5.92 Å². The van der Waals surface area contributed by atoms with Gasteiger partial charge in [0.1, 0.15) is 13.3 Å². The largest absolute Gasteiger partial charge is 0.487 e. The molecule has 1 N–H and O–H groups in total. The molecule has 0 aromatic heterocycles. The van der Waals surface area contributed by atoms with Gasteiger partial charge in [-0.3, -0.25) is 0 Å². The van der Waals surface area contributed by atoms with Gasteiger partial charge in [0.2, 0.25) is 0 Å². The molecule has 1 rings (SSSR count). The van der Waals surface area contributed by atoms with Crippen LogP contribution in [0.4, 0.5) is 8.78 Å². The molecule has 1 aromatic carbocycles. The van der Waals surface area contributed by atoms with Crippen molar-refractivity contribution in [1.82, 2.24) is 5.32 Å². The summed E-state index contributed by atoms with van der Waals surface area (Å²) in [6.45, 7) is 4.83. The molecule has 1 aromatic rings. The van der Waals surface area contributed by atoms with Gasteiger partial charge in [-0.1, -0.05) is 26.0 Å². The molecule has 0 fully saturated rings. The lowest BCUT2D eigenvalue weighted by molar-refractivity contribution is 0.259. The van der Waals surface area contributed by atoms with Gasteiger partial charge >= 0.3 is 0 Å². The van der Waals surface area contributed by atoms with E-state index < -0.39 is 12.5 Å². The van der Waals surface area contributed by atoms with E-state index >= 15 is 0 Å². The predicted octanol–water partition coefficient (Wildman–Crippen LogP) is 2.92. The molecule has 0 saturated heterocycles. The first-order valence-corrected chi connectivity index (χ1v) is 5.82. The number of hydrogen-bond acceptors (Lipinski definition) is 2. The van der Waals surface area contributed by atoms with E-state index in [0.29, 0.717) is 12.5 Å². The SMILES string of the molecule is CC(C)CNCc1cccc(F)c1OCCF. The number of hydrogen-bond donors (Lipinski definition) is 1. The lowest BCUT2D eigenvalue weighted by Gasteiger charge is -2.13. The Bertz CT molecular complexity index is 342. The summed E-state index contributed by atoms with van der Waals surface area (Å²) in [5.41, 5.74) is 0.721. The molecule has 2 nitrogen and oxygen atoms in total. The van der Waals surface area contributed by atoms with Crippen LogP contribution in [0.1, 0.15) is 19.4 Å². The quantitative estimate of drug-likeness (QED) is 0.795. The number of para-hydroxylation sites is 1. The van der Waals surface area contributed by atoms with E-state index in [9.17, 15) is 8.78 Å². The molecule has 4 heteroatoms. The van der Waals surface area contributed by atoms with E-state index in [-0.39, 0.29) is 12.4 Å². The summed E-state index contributed by atoms with van der Waals surface area (Å²) < 4.78 is 30.6. The van der Waals surface area contributed by atoms with Crippen LogP contribution < -0.4 is 10.1 Å². The van der Waals surface area contributed by atoms with Crippen LogP contribution in [-0.2, 0) is 6.54 Å². The minimum atomic E-state index is -0.618. The second kappa shape index (κ2) is 7.22. The lowest BCUT2D eigenvalue weighted by Crippen LogP contribution is -2.19. The molecule has 0 aliphatic carbocycles. The molecular weight excluding hydrogens is 224 g/mol. The van der Waals surface area contributed by atoms with Crippen LogP contribution in [0.15, 0.2) is 18.2 Å². The van der Waals surface area contributed by atoms with Crippen LogP contribution in [0.2, 0.25) is 0 Å². The van der Waals surface area contributed by atoms with Crippen molar-refractivity contribution in [3.63, 3.8) is 0 Å². The summed E-state index contributed by atoms with van der Waals surface area (Å²) in [6.07, 6.45) is 0. The average molecular weight is 243 g/mol. The minimum Gasteiger partial charge on any atom is -0.487 e. The monoisotopic (exact) mass is 243 g/mol. The lowest BCUT2D eigenvalue weighted by atomic mass is 10.1. The topological polar surface area (TPSA) is 21.3 Å². The minimum absolute atomic E-state index is 0.113. The van der Waals surface area contributed by atoms with Crippen LogP contribution in [-0.4, -0.2) is 19.8 Å². The summed E-state index contributed by atoms with van der Waals surface area (Å²) in [5, 5.41) is 3.20. The smallest absolute Gasteiger partial charge is 0.165 e. The van der Waals surface area contributed by atoms with Gasteiger partial charge in [-0.2, -0.15) is 0 Å². The number of halogens is 2. The molecule has 0 unspecified atom stereocenters. The third-order valence-corrected chi connectivity index (χ3v) is 2.24. The third kappa shape index (κ3) is 4.69. The summed E-state index contributed by atoms with van der Waals surface area (Å²) in [6, 6.07) is 4.73. The van der Waals surface area contributed by atoms with Gasteiger partial charge in [0.25, 0.3) is 0 Å². The number of benzene rings is 1. The van der Waals surface area contributed by atoms with E-state index in [1.165, 1.54) is 6.07 Å². The standard InChI is InChI=1S/C13H19F2NO/c1-10(2)8-16-9-11-4-3-5-12(15)13(11)17-7-6-14/h3-5,10,16H,6-9H2,1-2H3. The van der Waals surface area contributed by atoms with Crippen LogP contribution in [0.5, 0.6) is 5.75 Å². The first kappa shape index (κ1) is 13.9. The summed E-state index contributed by atoms with van der Waals surface area (Å²) in [7, 11) is 0. The zero-order chi connectivity index (χ0) is 12.7. The fourth-order valence-electron chi connectivity index (χ4n) is 1.49. The molecule has 0 atom stereocenters. The van der Waals surface area contributed by atoms with E-state index in [1.54, 1.807) is 12.1 Å². The first-order valence-electron chi connectivity index (χ1n) is 5.82. The summed E-state index contributed by atoms with van der Waals surface area (Å²) in [4.78, 5) is 0. The summed E-state index contributed by atoms with van der Waals surface area (Å²) in [5.74, 6) is 0.238. The molecular formula is C13H19F2NO. The van der Waals surface area contributed by atoms with Gasteiger partial charge in [-0.05, 0) is 18.5 Å². The normalized spacial score (nSPS) is 10.9. The Hall–Kier alpha value is -1.16. The molecule has 17 heavy (non-hydrogen) atoms. The number of rotatable bonds is 7. The van der Waals surface area contributed by atoms with E-state index in [2.05, 4.69) is 19.2 Å². The van der Waals surface area contributed by atoms with Gasteiger partial charge in [0, 0.05) is 12.1 Å². The second-order valence-electron chi connectivity index (χ2n) is 4.29. The summed E-state index contributed by atoms with van der Waals surface area (Å²) >= 11 is 0. The molecule has 0 aliphatic heterocycles. The molecule has 0 saturated carbocycles.